The van der Waals surface area contributed by atoms with Gasteiger partial charge in [0.1, 0.15) is 0 Å². The van der Waals surface area contributed by atoms with Crippen molar-refractivity contribution in [2.45, 2.75) is 39.2 Å². The van der Waals surface area contributed by atoms with Gasteiger partial charge in [0.15, 0.2) is 6.10 Å². The first kappa shape index (κ1) is 22.5. The van der Waals surface area contributed by atoms with Crippen LogP contribution in [0.15, 0.2) is 29.1 Å². The third-order valence-corrected chi connectivity index (χ3v) is 5.43. The minimum Gasteiger partial charge on any atom is -0.466 e. The third-order valence-electron chi connectivity index (χ3n) is 5.43. The molecule has 166 valence electrons. The molecule has 0 spiro atoms. The minimum atomic E-state index is -0.953. The van der Waals surface area contributed by atoms with Gasteiger partial charge in [-0.15, -0.1) is 0 Å². The molecule has 0 radical (unpaired) electrons. The first-order chi connectivity index (χ1) is 14.8. The van der Waals surface area contributed by atoms with Gasteiger partial charge in [-0.3, -0.25) is 19.2 Å². The number of carbonyl (C=O) groups is 3. The summed E-state index contributed by atoms with van der Waals surface area (Å²) in [4.78, 5) is 50.8. The maximum atomic E-state index is 12.7. The van der Waals surface area contributed by atoms with Gasteiger partial charge in [0.25, 0.3) is 11.5 Å². The topological polar surface area (TPSA) is 108 Å². The molecule has 1 aromatic carbocycles. The molecule has 0 N–H and O–H groups in total. The van der Waals surface area contributed by atoms with Gasteiger partial charge < -0.3 is 14.4 Å². The Balaban J connectivity index is 1.60. The Labute approximate surface area is 179 Å². The summed E-state index contributed by atoms with van der Waals surface area (Å²) in [5.74, 6) is -1.33. The molecular weight excluding hydrogens is 402 g/mol. The molecule has 1 saturated heterocycles. The fraction of sp³-hybridized carbons (Fsp3) is 0.500. The molecule has 2 heterocycles. The van der Waals surface area contributed by atoms with Gasteiger partial charge in [-0.1, -0.05) is 18.2 Å². The molecule has 0 bridgehead atoms. The standard InChI is InChI=1S/C22H27N3O6/c1-4-30-22(29)15-9-11-25(12-10-15)20(27)14(2)31-19(26)13-18-16-7-5-6-8-17(16)21(28)24(3)23-18/h5-8,14-15H,4,9-13H2,1-3H3. The van der Waals surface area contributed by atoms with Crippen molar-refractivity contribution in [1.29, 1.82) is 0 Å². The van der Waals surface area contributed by atoms with Gasteiger partial charge in [0.2, 0.25) is 0 Å². The minimum absolute atomic E-state index is 0.156. The SMILES string of the molecule is CCOC(=O)C1CCN(C(=O)C(C)OC(=O)Cc2nn(C)c(=O)c3ccccc23)CC1. The van der Waals surface area contributed by atoms with Crippen LogP contribution in [0.2, 0.25) is 0 Å². The summed E-state index contributed by atoms with van der Waals surface area (Å²) >= 11 is 0. The third kappa shape index (κ3) is 5.10. The van der Waals surface area contributed by atoms with Crippen LogP contribution < -0.4 is 5.56 Å². The Morgan fingerprint density at radius 3 is 2.45 bits per heavy atom. The van der Waals surface area contributed by atoms with Gasteiger partial charge in [-0.2, -0.15) is 5.10 Å². The van der Waals surface area contributed by atoms with Crippen LogP contribution in [0, 0.1) is 5.92 Å². The second-order valence-corrected chi connectivity index (χ2v) is 7.58. The number of hydrogen-bond acceptors (Lipinski definition) is 7. The van der Waals surface area contributed by atoms with E-state index >= 15 is 0 Å². The lowest BCUT2D eigenvalue weighted by Crippen LogP contribution is -2.45. The van der Waals surface area contributed by atoms with Gasteiger partial charge in [0.05, 0.1) is 30.0 Å². The summed E-state index contributed by atoms with van der Waals surface area (Å²) in [6.07, 6.45) is -0.0549. The molecule has 1 aliphatic heterocycles. The summed E-state index contributed by atoms with van der Waals surface area (Å²) in [6.45, 7) is 4.46. The van der Waals surface area contributed by atoms with Crippen molar-refractivity contribution in [3.8, 4) is 0 Å². The highest BCUT2D eigenvalue weighted by molar-refractivity contribution is 5.88. The number of aromatic nitrogens is 2. The second-order valence-electron chi connectivity index (χ2n) is 7.58. The molecule has 9 nitrogen and oxygen atoms in total. The number of carbonyl (C=O) groups excluding carboxylic acids is 3. The van der Waals surface area contributed by atoms with Crippen LogP contribution in [-0.4, -0.2) is 58.3 Å². The predicted octanol–water partition coefficient (Wildman–Crippen LogP) is 1.21. The first-order valence-electron chi connectivity index (χ1n) is 10.4. The number of fused-ring (bicyclic) bond motifs is 1. The molecule has 3 rings (SSSR count). The van der Waals surface area contributed by atoms with E-state index in [-0.39, 0.29) is 29.8 Å². The Morgan fingerprint density at radius 1 is 1.16 bits per heavy atom. The van der Waals surface area contributed by atoms with Crippen LogP contribution in [-0.2, 0) is 37.3 Å². The van der Waals surface area contributed by atoms with Crippen LogP contribution in [0.5, 0.6) is 0 Å². The summed E-state index contributed by atoms with van der Waals surface area (Å²) in [5.41, 5.74) is 0.167. The van der Waals surface area contributed by atoms with Crippen molar-refractivity contribution in [2.75, 3.05) is 19.7 Å². The number of nitrogens with zero attached hydrogens (tertiary/aromatic N) is 3. The number of hydrogen-bond donors (Lipinski definition) is 0. The van der Waals surface area contributed by atoms with E-state index in [4.69, 9.17) is 9.47 Å². The van der Waals surface area contributed by atoms with E-state index < -0.39 is 12.1 Å². The lowest BCUT2D eigenvalue weighted by atomic mass is 9.97. The molecule has 31 heavy (non-hydrogen) atoms. The molecule has 1 unspecified atom stereocenters. The van der Waals surface area contributed by atoms with Crippen molar-refractivity contribution in [3.05, 3.63) is 40.3 Å². The molecule has 1 fully saturated rings. The molecule has 0 aliphatic carbocycles. The Kier molecular flexibility index (Phi) is 7.04. The molecule has 1 amide bonds. The van der Waals surface area contributed by atoms with Gasteiger partial charge >= 0.3 is 11.9 Å². The highest BCUT2D eigenvalue weighted by Crippen LogP contribution is 2.20. The van der Waals surface area contributed by atoms with Crippen molar-refractivity contribution < 1.29 is 23.9 Å². The Morgan fingerprint density at radius 2 is 1.81 bits per heavy atom. The zero-order valence-corrected chi connectivity index (χ0v) is 18.0. The van der Waals surface area contributed by atoms with Crippen molar-refractivity contribution in [3.63, 3.8) is 0 Å². The molecule has 1 aromatic heterocycles. The average molecular weight is 429 g/mol. The van der Waals surface area contributed by atoms with E-state index in [2.05, 4.69) is 5.10 Å². The van der Waals surface area contributed by atoms with Crippen LogP contribution in [0.3, 0.4) is 0 Å². The molecule has 1 atom stereocenters. The average Bonchev–Trinajstić information content (AvgIpc) is 2.77. The monoisotopic (exact) mass is 429 g/mol. The number of rotatable bonds is 6. The number of likely N-dealkylation sites (tertiary alicyclic amines) is 1. The van der Waals surface area contributed by atoms with Crippen LogP contribution in [0.4, 0.5) is 0 Å². The molecular formula is C22H27N3O6. The number of ether oxygens (including phenoxy) is 2. The van der Waals surface area contributed by atoms with E-state index in [0.717, 1.165) is 0 Å². The van der Waals surface area contributed by atoms with Crippen LogP contribution in [0.1, 0.15) is 32.4 Å². The van der Waals surface area contributed by atoms with Gasteiger partial charge in [0, 0.05) is 25.5 Å². The zero-order chi connectivity index (χ0) is 22.5. The molecule has 2 aromatic rings. The van der Waals surface area contributed by atoms with Gasteiger partial charge in [-0.05, 0) is 32.8 Å². The van der Waals surface area contributed by atoms with E-state index in [1.165, 1.54) is 18.7 Å². The summed E-state index contributed by atoms with van der Waals surface area (Å²) in [7, 11) is 1.52. The zero-order valence-electron chi connectivity index (χ0n) is 18.0. The predicted molar refractivity (Wildman–Crippen MR) is 112 cm³/mol. The Hall–Kier alpha value is -3.23. The number of aryl methyl sites for hydroxylation is 1. The second kappa shape index (κ2) is 9.72. The molecule has 0 saturated carbocycles. The van der Waals surface area contributed by atoms with E-state index in [1.54, 1.807) is 36.1 Å². The number of benzene rings is 1. The first-order valence-corrected chi connectivity index (χ1v) is 10.4. The smallest absolute Gasteiger partial charge is 0.312 e. The highest BCUT2D eigenvalue weighted by atomic mass is 16.5. The normalized spacial score (nSPS) is 15.5. The Bertz CT molecular complexity index is 1040. The van der Waals surface area contributed by atoms with Crippen molar-refractivity contribution >= 4 is 28.6 Å². The van der Waals surface area contributed by atoms with E-state index in [1.807, 2.05) is 0 Å². The maximum absolute atomic E-state index is 12.7. The highest BCUT2D eigenvalue weighted by Gasteiger charge is 2.31. The summed E-state index contributed by atoms with van der Waals surface area (Å²) < 4.78 is 11.6. The van der Waals surface area contributed by atoms with Gasteiger partial charge in [-0.25, -0.2) is 4.68 Å². The maximum Gasteiger partial charge on any atom is 0.312 e. The van der Waals surface area contributed by atoms with Crippen molar-refractivity contribution in [2.24, 2.45) is 13.0 Å². The van der Waals surface area contributed by atoms with Crippen LogP contribution >= 0.6 is 0 Å². The largest absolute Gasteiger partial charge is 0.466 e. The number of amides is 1. The number of esters is 2. The van der Waals surface area contributed by atoms with Crippen LogP contribution in [0.25, 0.3) is 10.8 Å². The summed E-state index contributed by atoms with van der Waals surface area (Å²) in [6, 6.07) is 6.93. The van der Waals surface area contributed by atoms with E-state index in [9.17, 15) is 19.2 Å². The lowest BCUT2D eigenvalue weighted by molar-refractivity contribution is -0.160. The molecule has 1 aliphatic rings. The fourth-order valence-electron chi connectivity index (χ4n) is 3.79. The quantitative estimate of drug-likeness (QED) is 0.635. The fourth-order valence-corrected chi connectivity index (χ4v) is 3.79. The van der Waals surface area contributed by atoms with E-state index in [0.29, 0.717) is 49.0 Å². The number of piperidine rings is 1. The van der Waals surface area contributed by atoms with Crippen molar-refractivity contribution in [1.82, 2.24) is 14.7 Å². The lowest BCUT2D eigenvalue weighted by Gasteiger charge is -2.32. The summed E-state index contributed by atoms with van der Waals surface area (Å²) in [5, 5.41) is 5.24. The molecule has 9 heteroatoms.